The second-order valence-electron chi connectivity index (χ2n) is 6.32. The summed E-state index contributed by atoms with van der Waals surface area (Å²) in [4.78, 5) is 11.5. The van der Waals surface area contributed by atoms with Crippen LogP contribution in [0.5, 0.6) is 0 Å². The van der Waals surface area contributed by atoms with Gasteiger partial charge < -0.3 is 14.8 Å². The molecule has 0 bridgehead atoms. The number of furan rings is 1. The number of rotatable bonds is 6. The minimum absolute atomic E-state index is 0.285. The minimum atomic E-state index is -0.929. The Hall–Kier alpha value is -1.81. The summed E-state index contributed by atoms with van der Waals surface area (Å²) in [5.74, 6) is 0.240. The number of carbonyl (C=O) groups is 1. The van der Waals surface area contributed by atoms with E-state index in [-0.39, 0.29) is 5.56 Å². The predicted molar refractivity (Wildman–Crippen MR) is 81.4 cm³/mol. The third-order valence-corrected chi connectivity index (χ3v) is 4.76. The molecule has 0 amide bonds. The summed E-state index contributed by atoms with van der Waals surface area (Å²) in [6, 6.07) is 7.29. The third kappa shape index (κ3) is 2.56. The number of para-hydroxylation sites is 1. The van der Waals surface area contributed by atoms with Crippen molar-refractivity contribution in [3.63, 3.8) is 0 Å². The van der Waals surface area contributed by atoms with Crippen LogP contribution in [-0.4, -0.2) is 17.6 Å². The van der Waals surface area contributed by atoms with Gasteiger partial charge in [0, 0.05) is 11.9 Å². The first kappa shape index (κ1) is 14.1. The van der Waals surface area contributed by atoms with E-state index in [4.69, 9.17) is 4.42 Å². The first-order valence-corrected chi connectivity index (χ1v) is 7.48. The molecule has 112 valence electrons. The summed E-state index contributed by atoms with van der Waals surface area (Å²) in [6.07, 6.45) is 2.51. The molecule has 0 aliphatic heterocycles. The molecule has 4 heteroatoms. The van der Waals surface area contributed by atoms with Crippen LogP contribution in [0, 0.1) is 11.3 Å². The van der Waals surface area contributed by atoms with Crippen LogP contribution < -0.4 is 5.32 Å². The van der Waals surface area contributed by atoms with Gasteiger partial charge in [-0.3, -0.25) is 0 Å². The van der Waals surface area contributed by atoms with Crippen LogP contribution in [0.4, 0.5) is 0 Å². The summed E-state index contributed by atoms with van der Waals surface area (Å²) in [5, 5.41) is 13.5. The predicted octanol–water partition coefficient (Wildman–Crippen LogP) is 3.66. The fraction of sp³-hybridized carbons (Fsp3) is 0.471. The number of aromatic carboxylic acids is 1. The number of fused-ring (bicyclic) bond motifs is 1. The van der Waals surface area contributed by atoms with E-state index in [1.54, 1.807) is 6.07 Å². The molecule has 1 aliphatic carbocycles. The van der Waals surface area contributed by atoms with Crippen LogP contribution in [0.25, 0.3) is 11.0 Å². The highest BCUT2D eigenvalue weighted by Gasteiger charge is 2.44. The molecule has 3 rings (SSSR count). The van der Waals surface area contributed by atoms with Crippen molar-refractivity contribution in [2.24, 2.45) is 11.3 Å². The van der Waals surface area contributed by atoms with E-state index in [9.17, 15) is 9.90 Å². The van der Waals surface area contributed by atoms with Crippen LogP contribution >= 0.6 is 0 Å². The zero-order valence-corrected chi connectivity index (χ0v) is 12.5. The van der Waals surface area contributed by atoms with Crippen molar-refractivity contribution < 1.29 is 14.3 Å². The molecule has 0 saturated heterocycles. The Morgan fingerprint density at radius 2 is 2.10 bits per heavy atom. The lowest BCUT2D eigenvalue weighted by atomic mass is 9.92. The maximum atomic E-state index is 11.5. The Kier molecular flexibility index (Phi) is 3.49. The molecular formula is C17H21NO3. The average Bonchev–Trinajstić information content (AvgIpc) is 3.13. The summed E-state index contributed by atoms with van der Waals surface area (Å²) < 4.78 is 5.71. The standard InChI is InChI=1S/C17H21NO3/c1-11(2)17(7-8-17)10-18-9-14-15(16(19)20)12-5-3-4-6-13(12)21-14/h3-6,11,18H,7-10H2,1-2H3,(H,19,20). The Morgan fingerprint density at radius 3 is 2.71 bits per heavy atom. The van der Waals surface area contributed by atoms with Gasteiger partial charge in [-0.1, -0.05) is 32.0 Å². The van der Waals surface area contributed by atoms with E-state index in [0.717, 1.165) is 6.54 Å². The molecule has 21 heavy (non-hydrogen) atoms. The van der Waals surface area contributed by atoms with Gasteiger partial charge in [-0.25, -0.2) is 4.79 Å². The summed E-state index contributed by atoms with van der Waals surface area (Å²) in [7, 11) is 0. The summed E-state index contributed by atoms with van der Waals surface area (Å²) >= 11 is 0. The minimum Gasteiger partial charge on any atom is -0.478 e. The zero-order chi connectivity index (χ0) is 15.0. The fourth-order valence-electron chi connectivity index (χ4n) is 3.00. The van der Waals surface area contributed by atoms with Crippen molar-refractivity contribution in [2.45, 2.75) is 33.2 Å². The van der Waals surface area contributed by atoms with Crippen molar-refractivity contribution in [1.29, 1.82) is 0 Å². The SMILES string of the molecule is CC(C)C1(CNCc2oc3ccccc3c2C(=O)O)CC1. The van der Waals surface area contributed by atoms with Crippen LogP contribution in [0.2, 0.25) is 0 Å². The van der Waals surface area contributed by atoms with Gasteiger partial charge in [-0.05, 0) is 30.2 Å². The van der Waals surface area contributed by atoms with E-state index in [1.807, 2.05) is 18.2 Å². The van der Waals surface area contributed by atoms with Gasteiger partial charge in [0.2, 0.25) is 0 Å². The molecule has 1 aliphatic rings. The number of hydrogen-bond acceptors (Lipinski definition) is 3. The Bertz CT molecular complexity index is 668. The van der Waals surface area contributed by atoms with Crippen LogP contribution in [0.1, 0.15) is 42.8 Å². The lowest BCUT2D eigenvalue weighted by molar-refractivity contribution is 0.0696. The highest BCUT2D eigenvalue weighted by Crippen LogP contribution is 2.51. The zero-order valence-electron chi connectivity index (χ0n) is 12.5. The first-order valence-electron chi connectivity index (χ1n) is 7.48. The number of benzene rings is 1. The van der Waals surface area contributed by atoms with Gasteiger partial charge in [0.15, 0.2) is 0 Å². The number of nitrogens with one attached hydrogen (secondary N) is 1. The average molecular weight is 287 g/mol. The largest absolute Gasteiger partial charge is 0.478 e. The van der Waals surface area contributed by atoms with Gasteiger partial charge in [0.1, 0.15) is 16.9 Å². The van der Waals surface area contributed by atoms with Crippen molar-refractivity contribution in [3.8, 4) is 0 Å². The molecule has 1 saturated carbocycles. The molecule has 1 heterocycles. The quantitative estimate of drug-likeness (QED) is 0.851. The molecule has 1 fully saturated rings. The molecular weight excluding hydrogens is 266 g/mol. The van der Waals surface area contributed by atoms with Crippen molar-refractivity contribution >= 4 is 16.9 Å². The second-order valence-corrected chi connectivity index (χ2v) is 6.32. The summed E-state index contributed by atoms with van der Waals surface area (Å²) in [5.41, 5.74) is 1.32. The van der Waals surface area contributed by atoms with E-state index in [1.165, 1.54) is 12.8 Å². The van der Waals surface area contributed by atoms with Gasteiger partial charge in [-0.15, -0.1) is 0 Å². The molecule has 4 nitrogen and oxygen atoms in total. The van der Waals surface area contributed by atoms with Gasteiger partial charge >= 0.3 is 5.97 Å². The highest BCUT2D eigenvalue weighted by atomic mass is 16.4. The number of carboxylic acids is 1. The molecule has 2 aromatic rings. The Balaban J connectivity index is 1.78. The normalized spacial score (nSPS) is 16.5. The van der Waals surface area contributed by atoms with E-state index < -0.39 is 5.97 Å². The Morgan fingerprint density at radius 1 is 1.38 bits per heavy atom. The highest BCUT2D eigenvalue weighted by molar-refractivity contribution is 6.03. The molecule has 0 unspecified atom stereocenters. The molecule has 1 aromatic heterocycles. The first-order chi connectivity index (χ1) is 10.0. The Labute approximate surface area is 124 Å². The fourth-order valence-corrected chi connectivity index (χ4v) is 3.00. The maximum absolute atomic E-state index is 11.5. The molecule has 2 N–H and O–H groups in total. The molecule has 1 aromatic carbocycles. The van der Waals surface area contributed by atoms with Gasteiger partial charge in [-0.2, -0.15) is 0 Å². The molecule has 0 radical (unpaired) electrons. The van der Waals surface area contributed by atoms with Crippen molar-refractivity contribution in [2.75, 3.05) is 6.54 Å². The van der Waals surface area contributed by atoms with Crippen molar-refractivity contribution in [3.05, 3.63) is 35.6 Å². The molecule has 0 atom stereocenters. The van der Waals surface area contributed by atoms with E-state index in [2.05, 4.69) is 19.2 Å². The maximum Gasteiger partial charge on any atom is 0.339 e. The van der Waals surface area contributed by atoms with Crippen LogP contribution in [-0.2, 0) is 6.54 Å². The smallest absolute Gasteiger partial charge is 0.339 e. The van der Waals surface area contributed by atoms with E-state index >= 15 is 0 Å². The monoisotopic (exact) mass is 287 g/mol. The number of hydrogen-bond donors (Lipinski definition) is 2. The topological polar surface area (TPSA) is 62.5 Å². The lowest BCUT2D eigenvalue weighted by Gasteiger charge is -2.19. The van der Waals surface area contributed by atoms with Crippen molar-refractivity contribution in [1.82, 2.24) is 5.32 Å². The van der Waals surface area contributed by atoms with E-state index in [0.29, 0.717) is 34.6 Å². The lowest BCUT2D eigenvalue weighted by Crippen LogP contribution is -2.27. The number of carboxylic acid groups (broad SMARTS) is 1. The van der Waals surface area contributed by atoms with Gasteiger partial charge in [0.25, 0.3) is 0 Å². The second kappa shape index (κ2) is 5.19. The molecule has 0 spiro atoms. The van der Waals surface area contributed by atoms with Crippen LogP contribution in [0.15, 0.2) is 28.7 Å². The summed E-state index contributed by atoms with van der Waals surface area (Å²) in [6.45, 7) is 5.88. The third-order valence-electron chi connectivity index (χ3n) is 4.76. The van der Waals surface area contributed by atoms with Gasteiger partial charge in [0.05, 0.1) is 6.54 Å². The van der Waals surface area contributed by atoms with Crippen LogP contribution in [0.3, 0.4) is 0 Å².